The summed E-state index contributed by atoms with van der Waals surface area (Å²) in [5.74, 6) is 0. The van der Waals surface area contributed by atoms with Crippen LogP contribution in [0.5, 0.6) is 0 Å². The zero-order chi connectivity index (χ0) is 13.1. The summed E-state index contributed by atoms with van der Waals surface area (Å²) < 4.78 is 0. The van der Waals surface area contributed by atoms with Gasteiger partial charge in [0.2, 0.25) is 0 Å². The summed E-state index contributed by atoms with van der Waals surface area (Å²) in [5, 5.41) is 4.32. The highest BCUT2D eigenvalue weighted by Gasteiger charge is 2.26. The molecule has 0 aliphatic carbocycles. The summed E-state index contributed by atoms with van der Waals surface area (Å²) >= 11 is 6.20. The molecule has 0 bridgehead atoms. The molecule has 1 N–H and O–H groups in total. The van der Waals surface area contributed by atoms with E-state index >= 15 is 0 Å². The lowest BCUT2D eigenvalue weighted by Gasteiger charge is -2.28. The van der Waals surface area contributed by atoms with Gasteiger partial charge >= 0.3 is 0 Å². The van der Waals surface area contributed by atoms with Gasteiger partial charge in [-0.05, 0) is 57.9 Å². The molecular weight excluding hydrogens is 244 g/mol. The lowest BCUT2D eigenvalue weighted by atomic mass is 10.1. The number of likely N-dealkylation sites (tertiary alicyclic amines) is 1. The van der Waals surface area contributed by atoms with E-state index in [2.05, 4.69) is 37.1 Å². The molecule has 1 saturated heterocycles. The van der Waals surface area contributed by atoms with Gasteiger partial charge in [-0.3, -0.25) is 4.90 Å². The molecule has 0 aromatic heterocycles. The van der Waals surface area contributed by atoms with Crippen LogP contribution in [0.1, 0.15) is 32.3 Å². The van der Waals surface area contributed by atoms with Crippen LogP contribution in [0.2, 0.25) is 5.02 Å². The Morgan fingerprint density at radius 1 is 1.44 bits per heavy atom. The van der Waals surface area contributed by atoms with Gasteiger partial charge < -0.3 is 5.32 Å². The van der Waals surface area contributed by atoms with E-state index in [1.54, 1.807) is 0 Å². The molecular formula is C15H23ClN2. The predicted octanol–water partition coefficient (Wildman–Crippen LogP) is 3.93. The van der Waals surface area contributed by atoms with Crippen molar-refractivity contribution >= 4 is 17.3 Å². The Morgan fingerprint density at radius 2 is 2.22 bits per heavy atom. The number of benzene rings is 1. The van der Waals surface area contributed by atoms with Crippen LogP contribution in [-0.2, 0) is 0 Å². The van der Waals surface area contributed by atoms with Crippen LogP contribution in [0, 0.1) is 6.92 Å². The summed E-state index contributed by atoms with van der Waals surface area (Å²) in [4.78, 5) is 2.58. The van der Waals surface area contributed by atoms with Crippen LogP contribution in [0.4, 0.5) is 5.69 Å². The first-order valence-electron chi connectivity index (χ1n) is 6.83. The molecule has 1 aliphatic rings. The van der Waals surface area contributed by atoms with Crippen molar-refractivity contribution < 1.29 is 0 Å². The van der Waals surface area contributed by atoms with Crippen LogP contribution >= 0.6 is 11.6 Å². The largest absolute Gasteiger partial charge is 0.382 e. The first kappa shape index (κ1) is 13.7. The Morgan fingerprint density at radius 3 is 2.94 bits per heavy atom. The highest BCUT2D eigenvalue weighted by molar-refractivity contribution is 6.33. The normalized spacial score (nSPS) is 20.6. The molecule has 0 radical (unpaired) electrons. The first-order chi connectivity index (χ1) is 8.58. The van der Waals surface area contributed by atoms with Crippen LogP contribution in [-0.4, -0.2) is 30.1 Å². The maximum atomic E-state index is 6.20. The number of aryl methyl sites for hydroxylation is 1. The molecule has 1 aromatic rings. The lowest BCUT2D eigenvalue weighted by Crippen LogP contribution is -2.39. The minimum Gasteiger partial charge on any atom is -0.382 e. The van der Waals surface area contributed by atoms with Crippen LogP contribution in [0.15, 0.2) is 18.2 Å². The quantitative estimate of drug-likeness (QED) is 0.888. The number of nitrogens with one attached hydrogen (secondary N) is 1. The molecule has 2 nitrogen and oxygen atoms in total. The topological polar surface area (TPSA) is 15.3 Å². The van der Waals surface area contributed by atoms with Crippen molar-refractivity contribution in [1.82, 2.24) is 4.90 Å². The average Bonchev–Trinajstić information content (AvgIpc) is 2.79. The van der Waals surface area contributed by atoms with E-state index in [1.165, 1.54) is 24.9 Å². The minimum absolute atomic E-state index is 0.632. The van der Waals surface area contributed by atoms with Gasteiger partial charge in [-0.2, -0.15) is 0 Å². The number of halogens is 1. The van der Waals surface area contributed by atoms with Crippen molar-refractivity contribution in [2.24, 2.45) is 0 Å². The fourth-order valence-corrected chi connectivity index (χ4v) is 2.94. The van der Waals surface area contributed by atoms with E-state index in [1.807, 2.05) is 12.1 Å². The van der Waals surface area contributed by atoms with Crippen molar-refractivity contribution in [1.29, 1.82) is 0 Å². The Balaban J connectivity index is 1.96. The number of hydrogen-bond acceptors (Lipinski definition) is 2. The fourth-order valence-electron chi connectivity index (χ4n) is 2.76. The van der Waals surface area contributed by atoms with Crippen LogP contribution in [0.25, 0.3) is 0 Å². The Labute approximate surface area is 115 Å². The zero-order valence-electron chi connectivity index (χ0n) is 11.5. The third kappa shape index (κ3) is 3.18. The molecule has 1 atom stereocenters. The number of nitrogens with zero attached hydrogens (tertiary/aromatic N) is 1. The van der Waals surface area contributed by atoms with Gasteiger partial charge in [0, 0.05) is 18.6 Å². The van der Waals surface area contributed by atoms with Gasteiger partial charge in [0.1, 0.15) is 0 Å². The van der Waals surface area contributed by atoms with Crippen molar-refractivity contribution in [3.63, 3.8) is 0 Å². The maximum absolute atomic E-state index is 6.20. The summed E-state index contributed by atoms with van der Waals surface area (Å²) in [5.41, 5.74) is 2.31. The van der Waals surface area contributed by atoms with E-state index in [9.17, 15) is 0 Å². The zero-order valence-corrected chi connectivity index (χ0v) is 12.3. The van der Waals surface area contributed by atoms with Gasteiger partial charge in [0.05, 0.1) is 10.7 Å². The van der Waals surface area contributed by atoms with E-state index in [-0.39, 0.29) is 0 Å². The van der Waals surface area contributed by atoms with E-state index < -0.39 is 0 Å². The monoisotopic (exact) mass is 266 g/mol. The van der Waals surface area contributed by atoms with Gasteiger partial charge in [-0.15, -0.1) is 0 Å². The van der Waals surface area contributed by atoms with Crippen molar-refractivity contribution in [3.8, 4) is 0 Å². The third-order valence-corrected chi connectivity index (χ3v) is 4.07. The van der Waals surface area contributed by atoms with Gasteiger partial charge in [0.25, 0.3) is 0 Å². The summed E-state index contributed by atoms with van der Waals surface area (Å²) in [7, 11) is 0. The number of anilines is 1. The second kappa shape index (κ2) is 5.94. The molecule has 1 unspecified atom stereocenters. The van der Waals surface area contributed by atoms with E-state index in [0.29, 0.717) is 12.1 Å². The van der Waals surface area contributed by atoms with Gasteiger partial charge in [-0.1, -0.05) is 17.7 Å². The number of hydrogen-bond donors (Lipinski definition) is 1. The molecule has 1 fully saturated rings. The molecule has 1 aliphatic heterocycles. The molecule has 18 heavy (non-hydrogen) atoms. The van der Waals surface area contributed by atoms with Gasteiger partial charge in [0.15, 0.2) is 0 Å². The van der Waals surface area contributed by atoms with Crippen molar-refractivity contribution in [2.45, 2.75) is 45.7 Å². The first-order valence-corrected chi connectivity index (χ1v) is 7.21. The molecule has 2 rings (SSSR count). The molecule has 0 spiro atoms. The maximum Gasteiger partial charge on any atom is 0.0637 e. The smallest absolute Gasteiger partial charge is 0.0637 e. The molecule has 1 aromatic carbocycles. The lowest BCUT2D eigenvalue weighted by molar-refractivity contribution is 0.211. The van der Waals surface area contributed by atoms with Crippen LogP contribution in [0.3, 0.4) is 0 Å². The Kier molecular flexibility index (Phi) is 4.52. The summed E-state index contributed by atoms with van der Waals surface area (Å²) in [6.45, 7) is 8.86. The van der Waals surface area contributed by atoms with Crippen molar-refractivity contribution in [3.05, 3.63) is 28.8 Å². The van der Waals surface area contributed by atoms with Crippen molar-refractivity contribution in [2.75, 3.05) is 18.4 Å². The molecule has 0 amide bonds. The standard InChI is InChI=1S/C15H23ClN2/c1-11(2)18-8-4-5-13(18)10-17-15-9-12(3)6-7-14(15)16/h6-7,9,11,13,17H,4-5,8,10H2,1-3H3. The highest BCUT2D eigenvalue weighted by Crippen LogP contribution is 2.25. The fraction of sp³-hybridized carbons (Fsp3) is 0.600. The second-order valence-corrected chi connectivity index (χ2v) is 5.90. The Bertz CT molecular complexity index is 403. The van der Waals surface area contributed by atoms with E-state index in [0.717, 1.165) is 17.3 Å². The van der Waals surface area contributed by atoms with E-state index in [4.69, 9.17) is 11.6 Å². The summed E-state index contributed by atoms with van der Waals surface area (Å²) in [6, 6.07) is 7.41. The SMILES string of the molecule is Cc1ccc(Cl)c(NCC2CCCN2C(C)C)c1. The minimum atomic E-state index is 0.632. The molecule has 0 saturated carbocycles. The molecule has 3 heteroatoms. The van der Waals surface area contributed by atoms with Gasteiger partial charge in [-0.25, -0.2) is 0 Å². The average molecular weight is 267 g/mol. The third-order valence-electron chi connectivity index (χ3n) is 3.74. The highest BCUT2D eigenvalue weighted by atomic mass is 35.5. The molecule has 100 valence electrons. The molecule has 1 heterocycles. The summed E-state index contributed by atoms with van der Waals surface area (Å²) in [6.07, 6.45) is 2.60. The Hall–Kier alpha value is -0.730. The number of rotatable bonds is 4. The second-order valence-electron chi connectivity index (χ2n) is 5.49. The van der Waals surface area contributed by atoms with Crippen LogP contribution < -0.4 is 5.32 Å². The predicted molar refractivity (Wildman–Crippen MR) is 79.5 cm³/mol.